The molecule has 0 saturated carbocycles. The number of hydrogen-bond acceptors (Lipinski definition) is 3. The molecule has 0 bridgehead atoms. The molecule has 0 aromatic carbocycles. The van der Waals surface area contributed by atoms with Crippen LogP contribution in [0.5, 0.6) is 0 Å². The van der Waals surface area contributed by atoms with Gasteiger partial charge in [0.15, 0.2) is 0 Å². The molecule has 2 N–H and O–H groups in total. The quantitative estimate of drug-likeness (QED) is 0.518. The number of amides is 1. The van der Waals surface area contributed by atoms with Gasteiger partial charge in [-0.1, -0.05) is 20.8 Å². The van der Waals surface area contributed by atoms with E-state index in [1.807, 2.05) is 13.8 Å². The normalized spacial score (nSPS) is 11.9. The second-order valence-electron chi connectivity index (χ2n) is 4.89. The molecule has 0 aromatic rings. The molecule has 0 aromatic heterocycles. The molecule has 84 valence electrons. The fourth-order valence-electron chi connectivity index (χ4n) is 0.748. The summed E-state index contributed by atoms with van der Waals surface area (Å²) in [5, 5.41) is 2.74. The van der Waals surface area contributed by atoms with Crippen LogP contribution in [0.1, 0.15) is 34.6 Å². The molecule has 1 amide bonds. The Hall–Kier alpha value is -0.610. The van der Waals surface area contributed by atoms with Crippen LogP contribution in [0.3, 0.4) is 0 Å². The summed E-state index contributed by atoms with van der Waals surface area (Å²) in [6, 6.07) is 0.161. The smallest absolute Gasteiger partial charge is 0.248 e. The lowest BCUT2D eigenvalue weighted by atomic mass is 9.98. The van der Waals surface area contributed by atoms with Crippen molar-refractivity contribution in [3.8, 4) is 0 Å². The number of hydrogen-bond donors (Lipinski definition) is 2. The molecule has 0 rings (SSSR count). The van der Waals surface area contributed by atoms with Gasteiger partial charge in [0.05, 0.1) is 0 Å². The third-order valence-corrected chi connectivity index (χ3v) is 1.36. The lowest BCUT2D eigenvalue weighted by Crippen LogP contribution is -2.36. The molecule has 14 heavy (non-hydrogen) atoms. The lowest BCUT2D eigenvalue weighted by molar-refractivity contribution is -0.129. The van der Waals surface area contributed by atoms with Gasteiger partial charge in [0.2, 0.25) is 5.91 Å². The van der Waals surface area contributed by atoms with Gasteiger partial charge in [-0.05, 0) is 19.3 Å². The number of carbonyl (C=O) groups excluding carboxylic acids is 1. The van der Waals surface area contributed by atoms with E-state index < -0.39 is 0 Å². The summed E-state index contributed by atoms with van der Waals surface area (Å²) in [6.45, 7) is 10.9. The summed E-state index contributed by atoms with van der Waals surface area (Å²) in [5.74, 6) is -0.0959. The zero-order chi connectivity index (χ0) is 11.2. The Kier molecular flexibility index (Phi) is 5.72. The van der Waals surface area contributed by atoms with Crippen molar-refractivity contribution in [2.24, 2.45) is 5.41 Å². The van der Waals surface area contributed by atoms with E-state index in [0.717, 1.165) is 6.54 Å². The minimum atomic E-state index is -0.0959. The standard InChI is InChI=1S/C10H22N2O2/c1-8(2)12-9(13)6-14-11-7-10(3,4)5/h8,11H,6-7H2,1-5H3,(H,12,13). The molecule has 0 aliphatic carbocycles. The van der Waals surface area contributed by atoms with Crippen LogP contribution >= 0.6 is 0 Å². The third kappa shape index (κ3) is 9.48. The van der Waals surface area contributed by atoms with Gasteiger partial charge < -0.3 is 5.32 Å². The predicted octanol–water partition coefficient (Wildman–Crippen LogP) is 1.08. The Balaban J connectivity index is 3.41. The van der Waals surface area contributed by atoms with Gasteiger partial charge in [-0.2, -0.15) is 0 Å². The van der Waals surface area contributed by atoms with Crippen molar-refractivity contribution in [1.82, 2.24) is 10.8 Å². The molecule has 0 atom stereocenters. The molecule has 0 aliphatic rings. The zero-order valence-corrected chi connectivity index (χ0v) is 9.81. The fraction of sp³-hybridized carbons (Fsp3) is 0.900. The third-order valence-electron chi connectivity index (χ3n) is 1.36. The molecule has 0 fully saturated rings. The lowest BCUT2D eigenvalue weighted by Gasteiger charge is -2.18. The molecule has 0 heterocycles. The van der Waals surface area contributed by atoms with E-state index in [1.165, 1.54) is 0 Å². The highest BCUT2D eigenvalue weighted by atomic mass is 16.6. The van der Waals surface area contributed by atoms with E-state index in [-0.39, 0.29) is 24.0 Å². The average Bonchev–Trinajstić information content (AvgIpc) is 1.95. The molecule has 4 nitrogen and oxygen atoms in total. The van der Waals surface area contributed by atoms with Gasteiger partial charge in [-0.25, -0.2) is 5.48 Å². The summed E-state index contributed by atoms with van der Waals surface area (Å²) >= 11 is 0. The zero-order valence-electron chi connectivity index (χ0n) is 9.81. The van der Waals surface area contributed by atoms with E-state index >= 15 is 0 Å². The summed E-state index contributed by atoms with van der Waals surface area (Å²) in [5.41, 5.74) is 2.93. The summed E-state index contributed by atoms with van der Waals surface area (Å²) in [7, 11) is 0. The average molecular weight is 202 g/mol. The summed E-state index contributed by atoms with van der Waals surface area (Å²) in [4.78, 5) is 16.1. The van der Waals surface area contributed by atoms with Gasteiger partial charge in [0.1, 0.15) is 6.61 Å². The Morgan fingerprint density at radius 3 is 2.36 bits per heavy atom. The summed E-state index contributed by atoms with van der Waals surface area (Å²) in [6.07, 6.45) is 0. The number of nitrogens with one attached hydrogen (secondary N) is 2. The van der Waals surface area contributed by atoms with Gasteiger partial charge in [-0.15, -0.1) is 0 Å². The van der Waals surface area contributed by atoms with Crippen LogP contribution in [0.25, 0.3) is 0 Å². The highest BCUT2D eigenvalue weighted by molar-refractivity contribution is 5.77. The maximum Gasteiger partial charge on any atom is 0.248 e. The first-order chi connectivity index (χ1) is 6.31. The van der Waals surface area contributed by atoms with Crippen LogP contribution in [-0.4, -0.2) is 25.1 Å². The highest BCUT2D eigenvalue weighted by Crippen LogP contribution is 2.09. The Labute approximate surface area is 86.4 Å². The number of carbonyl (C=O) groups is 1. The predicted molar refractivity (Wildman–Crippen MR) is 56.7 cm³/mol. The van der Waals surface area contributed by atoms with Crippen LogP contribution in [-0.2, 0) is 9.63 Å². The maximum atomic E-state index is 11.1. The van der Waals surface area contributed by atoms with Crippen molar-refractivity contribution in [3.63, 3.8) is 0 Å². The van der Waals surface area contributed by atoms with Crippen LogP contribution in [0, 0.1) is 5.41 Å². The molecule has 0 aliphatic heterocycles. The largest absolute Gasteiger partial charge is 0.352 e. The molecule has 4 heteroatoms. The van der Waals surface area contributed by atoms with Crippen LogP contribution in [0.2, 0.25) is 0 Å². The molecule has 0 spiro atoms. The van der Waals surface area contributed by atoms with Crippen LogP contribution < -0.4 is 10.8 Å². The van der Waals surface area contributed by atoms with Crippen molar-refractivity contribution in [3.05, 3.63) is 0 Å². The SMILES string of the molecule is CC(C)NC(=O)CONCC(C)(C)C. The van der Waals surface area contributed by atoms with Crippen molar-refractivity contribution >= 4 is 5.91 Å². The van der Waals surface area contributed by atoms with Crippen molar-refractivity contribution in [1.29, 1.82) is 0 Å². The van der Waals surface area contributed by atoms with Gasteiger partial charge in [0, 0.05) is 12.6 Å². The highest BCUT2D eigenvalue weighted by Gasteiger charge is 2.09. The van der Waals surface area contributed by atoms with Crippen molar-refractivity contribution < 1.29 is 9.63 Å². The minimum absolute atomic E-state index is 0.0637. The van der Waals surface area contributed by atoms with Crippen molar-refractivity contribution in [2.45, 2.75) is 40.7 Å². The van der Waals surface area contributed by atoms with E-state index in [4.69, 9.17) is 4.84 Å². The number of hydroxylamine groups is 1. The first-order valence-electron chi connectivity index (χ1n) is 4.95. The second-order valence-corrected chi connectivity index (χ2v) is 4.89. The van der Waals surface area contributed by atoms with Gasteiger partial charge in [-0.3, -0.25) is 9.63 Å². The molecule has 0 saturated heterocycles. The minimum Gasteiger partial charge on any atom is -0.352 e. The first-order valence-corrected chi connectivity index (χ1v) is 4.95. The monoisotopic (exact) mass is 202 g/mol. The van der Waals surface area contributed by atoms with E-state index in [2.05, 4.69) is 31.6 Å². The van der Waals surface area contributed by atoms with Crippen LogP contribution in [0.4, 0.5) is 0 Å². The van der Waals surface area contributed by atoms with Gasteiger partial charge in [0.25, 0.3) is 0 Å². The fourth-order valence-corrected chi connectivity index (χ4v) is 0.748. The first kappa shape index (κ1) is 13.4. The van der Waals surface area contributed by atoms with Gasteiger partial charge >= 0.3 is 0 Å². The molecular formula is C10H22N2O2. The Bertz CT molecular complexity index is 173. The molecular weight excluding hydrogens is 180 g/mol. The molecule has 0 radical (unpaired) electrons. The summed E-state index contributed by atoms with van der Waals surface area (Å²) < 4.78 is 0. The van der Waals surface area contributed by atoms with Crippen molar-refractivity contribution in [2.75, 3.05) is 13.2 Å². The maximum absolute atomic E-state index is 11.1. The second kappa shape index (κ2) is 5.98. The topological polar surface area (TPSA) is 50.4 Å². The Morgan fingerprint density at radius 2 is 1.93 bits per heavy atom. The molecule has 0 unspecified atom stereocenters. The van der Waals surface area contributed by atoms with E-state index in [9.17, 15) is 4.79 Å². The number of rotatable bonds is 5. The van der Waals surface area contributed by atoms with E-state index in [0.29, 0.717) is 0 Å². The van der Waals surface area contributed by atoms with E-state index in [1.54, 1.807) is 0 Å². The Morgan fingerprint density at radius 1 is 1.36 bits per heavy atom. The van der Waals surface area contributed by atoms with Crippen LogP contribution in [0.15, 0.2) is 0 Å².